The molecule has 0 spiro atoms. The highest BCUT2D eigenvalue weighted by Gasteiger charge is 2.34. The number of hydrogen-bond donors (Lipinski definition) is 3. The van der Waals surface area contributed by atoms with Gasteiger partial charge in [0.25, 0.3) is 0 Å². The van der Waals surface area contributed by atoms with Crippen molar-refractivity contribution in [3.63, 3.8) is 0 Å². The van der Waals surface area contributed by atoms with Gasteiger partial charge in [-0.1, -0.05) is 38.8 Å². The first-order chi connectivity index (χ1) is 26.4. The van der Waals surface area contributed by atoms with E-state index in [-0.39, 0.29) is 31.4 Å². The van der Waals surface area contributed by atoms with Crippen molar-refractivity contribution in [2.24, 2.45) is 0 Å². The Morgan fingerprint density at radius 2 is 1.16 bits per heavy atom. The number of carbonyl (C=O) groups is 4. The third-order valence-electron chi connectivity index (χ3n) is 9.48. The summed E-state index contributed by atoms with van der Waals surface area (Å²) in [5.41, 5.74) is 1.78. The largest absolute Gasteiger partial charge is 0.444 e. The smallest absolute Gasteiger partial charge is 0.414 e. The summed E-state index contributed by atoms with van der Waals surface area (Å²) in [6.07, 6.45) is -0.760. The summed E-state index contributed by atoms with van der Waals surface area (Å²) in [4.78, 5) is 57.3. The highest BCUT2D eigenvalue weighted by molar-refractivity contribution is 7.80. The molecule has 4 saturated heterocycles. The minimum atomic E-state index is -0.518. The second kappa shape index (κ2) is 21.5. The monoisotopic (exact) mass is 823 g/mol. The molecule has 2 aromatic rings. The SMILES string of the molecule is C.C=S.CC(=S)NC[C@H]1CN(c2ccc(N3CCN(C(=O)CO)CC3)c(F)c2)C(=O)O1.CC[C@H]1CN(c2ccc(N3CCN(C(=O)CO)CC3)c(F)c2)C(=O)O1. The van der Waals surface area contributed by atoms with E-state index in [0.717, 1.165) is 6.42 Å². The Morgan fingerprint density at radius 1 is 0.768 bits per heavy atom. The first-order valence-corrected chi connectivity index (χ1v) is 18.8. The van der Waals surface area contributed by atoms with Gasteiger partial charge < -0.3 is 44.6 Å². The number of anilines is 4. The van der Waals surface area contributed by atoms with E-state index < -0.39 is 37.0 Å². The number of amides is 4. The molecule has 4 heterocycles. The molecule has 4 aliphatic heterocycles. The molecule has 6 rings (SSSR count). The van der Waals surface area contributed by atoms with Crippen LogP contribution < -0.4 is 24.9 Å². The first-order valence-electron chi connectivity index (χ1n) is 17.8. The number of aliphatic hydroxyl groups excluding tert-OH is 2. The molecular weight excluding hydrogens is 773 g/mol. The van der Waals surface area contributed by atoms with Crippen LogP contribution in [0.1, 0.15) is 27.7 Å². The maximum absolute atomic E-state index is 14.7. The number of halogens is 2. The van der Waals surface area contributed by atoms with Crippen molar-refractivity contribution in [1.29, 1.82) is 0 Å². The summed E-state index contributed by atoms with van der Waals surface area (Å²) < 4.78 is 39.8. The Balaban J connectivity index is 0.000000284. The Labute approximate surface area is 336 Å². The molecule has 2 aromatic carbocycles. The number of benzene rings is 2. The lowest BCUT2D eigenvalue weighted by atomic mass is 10.2. The van der Waals surface area contributed by atoms with Crippen LogP contribution >= 0.6 is 24.4 Å². The molecule has 19 heteroatoms. The van der Waals surface area contributed by atoms with Gasteiger partial charge in [-0.05, 0) is 55.6 Å². The van der Waals surface area contributed by atoms with Gasteiger partial charge in [0.2, 0.25) is 11.8 Å². The van der Waals surface area contributed by atoms with Crippen LogP contribution in [0.15, 0.2) is 36.4 Å². The zero-order chi connectivity index (χ0) is 40.2. The van der Waals surface area contributed by atoms with Crippen molar-refractivity contribution in [2.45, 2.75) is 39.9 Å². The van der Waals surface area contributed by atoms with E-state index in [2.05, 4.69) is 23.4 Å². The molecule has 0 aliphatic carbocycles. The van der Waals surface area contributed by atoms with Crippen LogP contribution in [0.3, 0.4) is 0 Å². The summed E-state index contributed by atoms with van der Waals surface area (Å²) in [6, 6.07) is 9.35. The number of rotatable bonds is 9. The molecule has 0 radical (unpaired) electrons. The lowest BCUT2D eigenvalue weighted by Gasteiger charge is -2.36. The molecule has 4 fully saturated rings. The Morgan fingerprint density at radius 3 is 1.50 bits per heavy atom. The van der Waals surface area contributed by atoms with Gasteiger partial charge in [0.05, 0.1) is 47.4 Å². The summed E-state index contributed by atoms with van der Waals surface area (Å²) in [6.45, 7) is 7.47. The molecule has 0 saturated carbocycles. The Kier molecular flexibility index (Phi) is 17.6. The average Bonchev–Trinajstić information content (AvgIpc) is 3.78. The topological polar surface area (TPSA) is 159 Å². The number of hydrogen-bond acceptors (Lipinski definition) is 12. The zero-order valence-corrected chi connectivity index (χ0v) is 32.5. The van der Waals surface area contributed by atoms with E-state index in [1.165, 1.54) is 21.9 Å². The average molecular weight is 824 g/mol. The predicted octanol–water partition coefficient (Wildman–Crippen LogP) is 3.18. The second-order valence-corrected chi connectivity index (χ2v) is 13.5. The van der Waals surface area contributed by atoms with E-state index in [4.69, 9.17) is 31.9 Å². The molecular formula is C37H51F2N7O8S2. The van der Waals surface area contributed by atoms with Crippen molar-refractivity contribution in [1.82, 2.24) is 15.1 Å². The van der Waals surface area contributed by atoms with Gasteiger partial charge in [0.15, 0.2) is 0 Å². The first kappa shape index (κ1) is 45.7. The van der Waals surface area contributed by atoms with Crippen LogP contribution in [-0.4, -0.2) is 152 Å². The number of aliphatic hydroxyl groups is 2. The quantitative estimate of drug-likeness (QED) is 0.317. The third-order valence-corrected chi connectivity index (χ3v) is 9.63. The molecule has 4 aliphatic rings. The minimum Gasteiger partial charge on any atom is -0.444 e. The maximum atomic E-state index is 14.7. The summed E-state index contributed by atoms with van der Waals surface area (Å²) in [7, 11) is 0. The lowest BCUT2D eigenvalue weighted by Crippen LogP contribution is -2.49. The normalized spacial score (nSPS) is 19.2. The van der Waals surface area contributed by atoms with Crippen molar-refractivity contribution in [3.05, 3.63) is 48.0 Å². The van der Waals surface area contributed by atoms with Gasteiger partial charge in [0, 0.05) is 52.4 Å². The molecule has 0 bridgehead atoms. The highest BCUT2D eigenvalue weighted by atomic mass is 32.1. The lowest BCUT2D eigenvalue weighted by molar-refractivity contribution is -0.135. The summed E-state index contributed by atoms with van der Waals surface area (Å²) >= 11 is 8.78. The summed E-state index contributed by atoms with van der Waals surface area (Å²) in [5.74, 6) is 1.35. The third kappa shape index (κ3) is 11.4. The summed E-state index contributed by atoms with van der Waals surface area (Å²) in [5, 5.41) is 20.8. The van der Waals surface area contributed by atoms with E-state index in [1.807, 2.05) is 16.7 Å². The fourth-order valence-electron chi connectivity index (χ4n) is 6.47. The van der Waals surface area contributed by atoms with Gasteiger partial charge in [-0.25, -0.2) is 18.4 Å². The van der Waals surface area contributed by atoms with E-state index in [1.54, 1.807) is 41.0 Å². The van der Waals surface area contributed by atoms with Crippen LogP contribution in [0, 0.1) is 11.6 Å². The fourth-order valence-corrected chi connectivity index (χ4v) is 6.56. The Hall–Kier alpha value is -4.72. The van der Waals surface area contributed by atoms with Crippen LogP contribution in [0.5, 0.6) is 0 Å². The van der Waals surface area contributed by atoms with Gasteiger partial charge in [-0.3, -0.25) is 19.4 Å². The van der Waals surface area contributed by atoms with Crippen molar-refractivity contribution < 1.29 is 47.6 Å². The molecule has 3 N–H and O–H groups in total. The number of piperazine rings is 2. The number of ether oxygens (including phenoxy) is 2. The van der Waals surface area contributed by atoms with Crippen LogP contribution in [-0.2, 0) is 19.1 Å². The number of nitrogens with one attached hydrogen (secondary N) is 1. The number of cyclic esters (lactones) is 2. The maximum Gasteiger partial charge on any atom is 0.414 e. The number of carbonyl (C=O) groups excluding carboxylic acids is 4. The fraction of sp³-hybridized carbons (Fsp3) is 0.514. The van der Waals surface area contributed by atoms with Gasteiger partial charge in [-0.2, -0.15) is 0 Å². The van der Waals surface area contributed by atoms with Gasteiger partial charge >= 0.3 is 12.2 Å². The van der Waals surface area contributed by atoms with Gasteiger partial charge in [0.1, 0.15) is 37.1 Å². The molecule has 0 aromatic heterocycles. The molecule has 308 valence electrons. The van der Waals surface area contributed by atoms with Crippen LogP contribution in [0.2, 0.25) is 0 Å². The van der Waals surface area contributed by atoms with E-state index in [9.17, 15) is 28.0 Å². The highest BCUT2D eigenvalue weighted by Crippen LogP contribution is 2.30. The van der Waals surface area contributed by atoms with Crippen LogP contribution in [0.4, 0.5) is 41.1 Å². The number of thiocarbonyl (C=S) groups is 2. The van der Waals surface area contributed by atoms with E-state index >= 15 is 0 Å². The second-order valence-electron chi connectivity index (χ2n) is 12.9. The predicted molar refractivity (Wildman–Crippen MR) is 218 cm³/mol. The zero-order valence-electron chi connectivity index (χ0n) is 30.8. The molecule has 15 nitrogen and oxygen atoms in total. The van der Waals surface area contributed by atoms with Crippen LogP contribution in [0.25, 0.3) is 0 Å². The van der Waals surface area contributed by atoms with Gasteiger partial charge in [-0.15, -0.1) is 0 Å². The van der Waals surface area contributed by atoms with E-state index in [0.29, 0.717) is 99.7 Å². The Bertz CT molecular complexity index is 1700. The minimum absolute atomic E-state index is 0. The van der Waals surface area contributed by atoms with Crippen molar-refractivity contribution >= 4 is 82.0 Å². The standard InChI is InChI=1S/C18H23FN4O4S.C17H22FN3O4.CH2S.CH4/c1-12(28)20-9-14-10-23(18(26)27-14)13-2-3-16(15(19)8-13)21-4-6-22(7-5-21)17(25)11-24;1-2-13-10-21(17(24)25-13)12-3-4-15(14(18)9-12)19-5-7-20(8-6-19)16(23)11-22;1-2;/h2-3,8,14,24H,4-7,9-11H2,1H3,(H,20,28);3-4,9,13,22H,2,5-8,10-11H2,1H3;1H2;1H4/t14-;13-;;/m00../s1. The molecule has 0 unspecified atom stereocenters. The molecule has 56 heavy (non-hydrogen) atoms. The molecule has 2 atom stereocenters. The number of nitrogens with zero attached hydrogens (tertiary/aromatic N) is 6. The molecule has 4 amide bonds. The van der Waals surface area contributed by atoms with Crippen molar-refractivity contribution in [2.75, 3.05) is 105 Å². The van der Waals surface area contributed by atoms with Crippen molar-refractivity contribution in [3.8, 4) is 0 Å².